The molecular formula is C20H27FIN3O2S. The van der Waals surface area contributed by atoms with Crippen LogP contribution in [0.3, 0.4) is 0 Å². The predicted octanol–water partition coefficient (Wildman–Crippen LogP) is 3.32. The molecule has 5 nitrogen and oxygen atoms in total. The van der Waals surface area contributed by atoms with Crippen LogP contribution in [0.1, 0.15) is 12.5 Å². The van der Waals surface area contributed by atoms with Crippen molar-refractivity contribution < 1.29 is 13.3 Å². The molecule has 0 heterocycles. The van der Waals surface area contributed by atoms with E-state index >= 15 is 0 Å². The maximum Gasteiger partial charge on any atom is 0.191 e. The van der Waals surface area contributed by atoms with E-state index < -0.39 is 10.8 Å². The predicted molar refractivity (Wildman–Crippen MR) is 124 cm³/mol. The van der Waals surface area contributed by atoms with E-state index in [0.29, 0.717) is 36.3 Å². The van der Waals surface area contributed by atoms with Gasteiger partial charge in [0.25, 0.3) is 0 Å². The molecule has 2 unspecified atom stereocenters. The van der Waals surface area contributed by atoms with Crippen LogP contribution in [0.5, 0.6) is 5.75 Å². The molecule has 0 fully saturated rings. The standard InChI is InChI=1S/C20H26FN3O2S.HI/c1-16(26-19-10-8-18(21)9-11-19)14-24-20(22-2)23-12-13-27(25)15-17-6-4-3-5-7-17;/h3-11,16H,12-15H2,1-2H3,(H2,22,23,24);1H. The molecule has 28 heavy (non-hydrogen) atoms. The summed E-state index contributed by atoms with van der Waals surface area (Å²) < 4.78 is 30.8. The van der Waals surface area contributed by atoms with E-state index in [0.717, 1.165) is 5.56 Å². The minimum atomic E-state index is -0.931. The molecule has 2 atom stereocenters. The summed E-state index contributed by atoms with van der Waals surface area (Å²) in [7, 11) is 0.751. The van der Waals surface area contributed by atoms with Gasteiger partial charge in [0.05, 0.1) is 6.54 Å². The molecule has 0 aromatic heterocycles. The van der Waals surface area contributed by atoms with Crippen LogP contribution in [0.2, 0.25) is 0 Å². The fourth-order valence-electron chi connectivity index (χ4n) is 2.36. The first kappa shape index (κ1) is 24.4. The largest absolute Gasteiger partial charge is 0.489 e. The van der Waals surface area contributed by atoms with Gasteiger partial charge < -0.3 is 15.4 Å². The van der Waals surface area contributed by atoms with Crippen LogP contribution < -0.4 is 15.4 Å². The number of ether oxygens (including phenoxy) is 1. The Morgan fingerprint density at radius 1 is 1.14 bits per heavy atom. The van der Waals surface area contributed by atoms with E-state index in [4.69, 9.17) is 4.74 Å². The summed E-state index contributed by atoms with van der Waals surface area (Å²) in [6.45, 7) is 3.01. The highest BCUT2D eigenvalue weighted by Gasteiger charge is 2.07. The quantitative estimate of drug-likeness (QED) is 0.303. The molecular weight excluding hydrogens is 492 g/mol. The Labute approximate surface area is 185 Å². The van der Waals surface area contributed by atoms with Gasteiger partial charge in [0.2, 0.25) is 0 Å². The lowest BCUT2D eigenvalue weighted by atomic mass is 10.2. The molecule has 0 aliphatic rings. The van der Waals surface area contributed by atoms with Crippen molar-refractivity contribution in [1.82, 2.24) is 10.6 Å². The minimum absolute atomic E-state index is 0. The Bertz CT molecular complexity index is 745. The number of aliphatic imine (C=N–C) groups is 1. The molecule has 0 spiro atoms. The molecule has 0 bridgehead atoms. The zero-order chi connectivity index (χ0) is 19.5. The smallest absolute Gasteiger partial charge is 0.191 e. The molecule has 0 aliphatic carbocycles. The maximum atomic E-state index is 12.9. The van der Waals surface area contributed by atoms with Crippen molar-refractivity contribution in [3.63, 3.8) is 0 Å². The molecule has 0 saturated carbocycles. The van der Waals surface area contributed by atoms with Crippen molar-refractivity contribution in [3.05, 3.63) is 66.0 Å². The molecule has 0 radical (unpaired) electrons. The van der Waals surface area contributed by atoms with Crippen molar-refractivity contribution in [1.29, 1.82) is 0 Å². The molecule has 0 aliphatic heterocycles. The zero-order valence-electron chi connectivity index (χ0n) is 16.1. The zero-order valence-corrected chi connectivity index (χ0v) is 19.2. The van der Waals surface area contributed by atoms with Gasteiger partial charge in [-0.05, 0) is 36.8 Å². The lowest BCUT2D eigenvalue weighted by Gasteiger charge is -2.17. The highest BCUT2D eigenvalue weighted by atomic mass is 127. The second-order valence-corrected chi connectivity index (χ2v) is 7.61. The number of nitrogens with zero attached hydrogens (tertiary/aromatic N) is 1. The van der Waals surface area contributed by atoms with E-state index in [1.54, 1.807) is 19.2 Å². The summed E-state index contributed by atoms with van der Waals surface area (Å²) in [4.78, 5) is 4.15. The van der Waals surface area contributed by atoms with Gasteiger partial charge in [-0.25, -0.2) is 4.39 Å². The first-order chi connectivity index (χ1) is 13.1. The number of halogens is 2. The van der Waals surface area contributed by atoms with Crippen LogP contribution in [-0.2, 0) is 16.6 Å². The number of hydrogen-bond donors (Lipinski definition) is 2. The number of benzene rings is 2. The SMILES string of the molecule is CN=C(NCCS(=O)Cc1ccccc1)NCC(C)Oc1ccc(F)cc1.I. The lowest BCUT2D eigenvalue weighted by Crippen LogP contribution is -2.43. The Kier molecular flexibility index (Phi) is 11.7. The average Bonchev–Trinajstić information content (AvgIpc) is 2.67. The van der Waals surface area contributed by atoms with E-state index in [1.165, 1.54) is 12.1 Å². The van der Waals surface area contributed by atoms with Crippen LogP contribution in [0.25, 0.3) is 0 Å². The molecule has 0 amide bonds. The average molecular weight is 519 g/mol. The first-order valence-electron chi connectivity index (χ1n) is 8.82. The van der Waals surface area contributed by atoms with Crippen molar-refractivity contribution in [3.8, 4) is 5.75 Å². The van der Waals surface area contributed by atoms with Crippen LogP contribution in [-0.4, -0.2) is 42.2 Å². The van der Waals surface area contributed by atoms with Crippen LogP contribution in [0, 0.1) is 5.82 Å². The van der Waals surface area contributed by atoms with Gasteiger partial charge in [0.1, 0.15) is 17.7 Å². The minimum Gasteiger partial charge on any atom is -0.489 e. The second kappa shape index (κ2) is 13.5. The number of rotatable bonds is 9. The van der Waals surface area contributed by atoms with E-state index in [2.05, 4.69) is 15.6 Å². The third kappa shape index (κ3) is 9.50. The molecule has 2 N–H and O–H groups in total. The number of hydrogen-bond acceptors (Lipinski definition) is 3. The summed E-state index contributed by atoms with van der Waals surface area (Å²) in [5.41, 5.74) is 1.07. The normalized spacial score (nSPS) is 13.2. The lowest BCUT2D eigenvalue weighted by molar-refractivity contribution is 0.223. The Hall–Kier alpha value is -1.68. The summed E-state index contributed by atoms with van der Waals surface area (Å²) in [6.07, 6.45) is -0.124. The van der Waals surface area contributed by atoms with Gasteiger partial charge in [-0.2, -0.15) is 0 Å². The molecule has 154 valence electrons. The van der Waals surface area contributed by atoms with E-state index in [-0.39, 0.29) is 35.9 Å². The number of nitrogens with one attached hydrogen (secondary N) is 2. The van der Waals surface area contributed by atoms with E-state index in [9.17, 15) is 8.60 Å². The van der Waals surface area contributed by atoms with Crippen molar-refractivity contribution in [2.45, 2.75) is 18.8 Å². The number of guanidine groups is 1. The van der Waals surface area contributed by atoms with Gasteiger partial charge in [-0.3, -0.25) is 9.20 Å². The summed E-state index contributed by atoms with van der Waals surface area (Å²) >= 11 is 0. The summed E-state index contributed by atoms with van der Waals surface area (Å²) in [5, 5.41) is 6.32. The summed E-state index contributed by atoms with van der Waals surface area (Å²) in [6, 6.07) is 15.7. The Morgan fingerprint density at radius 2 is 1.82 bits per heavy atom. The molecule has 2 aromatic carbocycles. The Balaban J connectivity index is 0.00000392. The molecule has 2 rings (SSSR count). The molecule has 8 heteroatoms. The van der Waals surface area contributed by atoms with Gasteiger partial charge in [0, 0.05) is 35.9 Å². The van der Waals surface area contributed by atoms with Gasteiger partial charge >= 0.3 is 0 Å². The molecule has 2 aromatic rings. The fourth-order valence-corrected chi connectivity index (χ4v) is 3.40. The fraction of sp³-hybridized carbons (Fsp3) is 0.350. The third-order valence-electron chi connectivity index (χ3n) is 3.72. The first-order valence-corrected chi connectivity index (χ1v) is 10.3. The van der Waals surface area contributed by atoms with Gasteiger partial charge in [0.15, 0.2) is 5.96 Å². The van der Waals surface area contributed by atoms with Gasteiger partial charge in [-0.1, -0.05) is 30.3 Å². The maximum absolute atomic E-state index is 12.9. The molecule has 0 saturated heterocycles. The van der Waals surface area contributed by atoms with Crippen molar-refractivity contribution in [2.75, 3.05) is 25.9 Å². The second-order valence-electron chi connectivity index (χ2n) is 6.04. The topological polar surface area (TPSA) is 62.7 Å². The monoisotopic (exact) mass is 519 g/mol. The van der Waals surface area contributed by atoms with Crippen LogP contribution in [0.4, 0.5) is 4.39 Å². The summed E-state index contributed by atoms with van der Waals surface area (Å²) in [5.74, 6) is 2.04. The van der Waals surface area contributed by atoms with E-state index in [1.807, 2.05) is 37.3 Å². The van der Waals surface area contributed by atoms with Crippen molar-refractivity contribution in [2.24, 2.45) is 4.99 Å². The Morgan fingerprint density at radius 3 is 2.46 bits per heavy atom. The highest BCUT2D eigenvalue weighted by Crippen LogP contribution is 2.12. The van der Waals surface area contributed by atoms with Crippen LogP contribution >= 0.6 is 24.0 Å². The highest BCUT2D eigenvalue weighted by molar-refractivity contribution is 14.0. The van der Waals surface area contributed by atoms with Crippen LogP contribution in [0.15, 0.2) is 59.6 Å². The van der Waals surface area contributed by atoms with Gasteiger partial charge in [-0.15, -0.1) is 24.0 Å². The third-order valence-corrected chi connectivity index (χ3v) is 5.04. The van der Waals surface area contributed by atoms with Crippen molar-refractivity contribution >= 4 is 40.7 Å².